The Morgan fingerprint density at radius 2 is 1.33 bits per heavy atom. The summed E-state index contributed by atoms with van der Waals surface area (Å²) in [6, 6.07) is 31.5. The zero-order valence-corrected chi connectivity index (χ0v) is 20.8. The van der Waals surface area contributed by atoms with Gasteiger partial charge in [0.2, 0.25) is 5.84 Å². The number of ether oxygens (including phenoxy) is 2. The van der Waals surface area contributed by atoms with Crippen molar-refractivity contribution in [3.63, 3.8) is 0 Å². The standard InChI is InChI=1S/C29H22FN7O2/c1-20-11-8-9-18-25(20)26(35-34-22-13-10-12-21(30)19-22)36-37-27-31-28(38-23-14-4-2-5-15-23)33-29(32-27)39-24-16-6-3-7-17-24/h2-19H,1H3,(H,31,32,33,37)/b35-34?,36-26-. The van der Waals surface area contributed by atoms with Crippen LogP contribution in [-0.2, 0) is 0 Å². The highest BCUT2D eigenvalue weighted by Gasteiger charge is 2.12. The zero-order valence-electron chi connectivity index (χ0n) is 20.8. The van der Waals surface area contributed by atoms with Crippen LogP contribution in [0.3, 0.4) is 0 Å². The fourth-order valence-corrected chi connectivity index (χ4v) is 3.37. The molecule has 5 aromatic rings. The summed E-state index contributed by atoms with van der Waals surface area (Å²) in [4.78, 5) is 12.9. The molecule has 0 atom stereocenters. The van der Waals surface area contributed by atoms with Crippen LogP contribution in [0.2, 0.25) is 0 Å². The van der Waals surface area contributed by atoms with Crippen molar-refractivity contribution >= 4 is 17.5 Å². The van der Waals surface area contributed by atoms with E-state index in [-0.39, 0.29) is 23.8 Å². The average molecular weight is 520 g/mol. The van der Waals surface area contributed by atoms with Crippen molar-refractivity contribution < 1.29 is 13.9 Å². The maximum Gasteiger partial charge on any atom is 0.330 e. The van der Waals surface area contributed by atoms with Gasteiger partial charge in [-0.2, -0.15) is 15.1 Å². The molecule has 1 aromatic heterocycles. The van der Waals surface area contributed by atoms with E-state index in [1.54, 1.807) is 36.4 Å². The third-order valence-electron chi connectivity index (χ3n) is 5.22. The molecule has 0 amide bonds. The van der Waals surface area contributed by atoms with Crippen molar-refractivity contribution in [2.75, 3.05) is 5.43 Å². The van der Waals surface area contributed by atoms with E-state index in [2.05, 4.69) is 35.7 Å². The number of rotatable bonds is 8. The van der Waals surface area contributed by atoms with E-state index in [0.29, 0.717) is 22.7 Å². The molecule has 5 rings (SSSR count). The Balaban J connectivity index is 1.49. The van der Waals surface area contributed by atoms with Gasteiger partial charge in [0.15, 0.2) is 0 Å². The topological polar surface area (TPSA) is 106 Å². The highest BCUT2D eigenvalue weighted by atomic mass is 19.1. The van der Waals surface area contributed by atoms with Crippen molar-refractivity contribution in [1.29, 1.82) is 0 Å². The Morgan fingerprint density at radius 1 is 0.718 bits per heavy atom. The summed E-state index contributed by atoms with van der Waals surface area (Å²) in [6.45, 7) is 1.92. The Hall–Kier alpha value is -5.51. The molecule has 0 unspecified atom stereocenters. The lowest BCUT2D eigenvalue weighted by Crippen LogP contribution is -2.07. The minimum absolute atomic E-state index is 0.00124. The number of benzene rings is 4. The molecule has 0 aliphatic rings. The number of azo groups is 1. The van der Waals surface area contributed by atoms with Crippen molar-refractivity contribution in [2.24, 2.45) is 15.3 Å². The molecule has 0 radical (unpaired) electrons. The summed E-state index contributed by atoms with van der Waals surface area (Å²) in [7, 11) is 0. The Kier molecular flexibility index (Phi) is 7.84. The van der Waals surface area contributed by atoms with E-state index >= 15 is 0 Å². The van der Waals surface area contributed by atoms with Crippen LogP contribution in [0, 0.1) is 12.7 Å². The molecule has 0 aliphatic carbocycles. The lowest BCUT2D eigenvalue weighted by molar-refractivity contribution is 0.398. The SMILES string of the molecule is Cc1ccccc1/C(N=Nc1cccc(F)c1)=N/Nc1nc(Oc2ccccc2)nc(Oc2ccccc2)n1. The lowest BCUT2D eigenvalue weighted by Gasteiger charge is -2.09. The quantitative estimate of drug-likeness (QED) is 0.0987. The summed E-state index contributed by atoms with van der Waals surface area (Å²) >= 11 is 0. The van der Waals surface area contributed by atoms with Crippen molar-refractivity contribution in [3.8, 4) is 23.5 Å². The fourth-order valence-electron chi connectivity index (χ4n) is 3.37. The average Bonchev–Trinajstić information content (AvgIpc) is 2.95. The molecule has 4 aromatic carbocycles. The summed E-state index contributed by atoms with van der Waals surface area (Å²) in [6.07, 6.45) is 0. The van der Waals surface area contributed by atoms with Crippen molar-refractivity contribution in [1.82, 2.24) is 15.0 Å². The van der Waals surface area contributed by atoms with Crippen LogP contribution in [0.5, 0.6) is 23.5 Å². The maximum absolute atomic E-state index is 13.6. The molecule has 0 saturated heterocycles. The molecule has 39 heavy (non-hydrogen) atoms. The minimum Gasteiger partial charge on any atom is -0.424 e. The first kappa shape index (κ1) is 25.2. The third kappa shape index (κ3) is 7.04. The number of aromatic nitrogens is 3. The first-order valence-electron chi connectivity index (χ1n) is 11.9. The summed E-state index contributed by atoms with van der Waals surface area (Å²) < 4.78 is 25.3. The number of nitrogens with one attached hydrogen (secondary N) is 1. The Morgan fingerprint density at radius 3 is 1.95 bits per heavy atom. The molecular weight excluding hydrogens is 497 g/mol. The van der Waals surface area contributed by atoms with Crippen LogP contribution >= 0.6 is 0 Å². The third-order valence-corrected chi connectivity index (χ3v) is 5.22. The number of anilines is 1. The first-order valence-corrected chi connectivity index (χ1v) is 11.9. The normalized spacial score (nSPS) is 11.4. The van der Waals surface area contributed by atoms with Gasteiger partial charge < -0.3 is 9.47 Å². The number of halogens is 1. The highest BCUT2D eigenvalue weighted by molar-refractivity contribution is 6.00. The van der Waals surface area contributed by atoms with E-state index in [4.69, 9.17) is 9.47 Å². The van der Waals surface area contributed by atoms with Crippen LogP contribution in [0.4, 0.5) is 16.0 Å². The number of hydrogen-bond acceptors (Lipinski definition) is 8. The fraction of sp³-hybridized carbons (Fsp3) is 0.0345. The van der Waals surface area contributed by atoms with Gasteiger partial charge in [-0.05, 0) is 48.9 Å². The van der Waals surface area contributed by atoms with Gasteiger partial charge in [-0.25, -0.2) is 9.82 Å². The number of amidine groups is 1. The van der Waals surface area contributed by atoms with Crippen LogP contribution < -0.4 is 14.9 Å². The highest BCUT2D eigenvalue weighted by Crippen LogP contribution is 2.24. The van der Waals surface area contributed by atoms with Gasteiger partial charge in [0, 0.05) is 11.6 Å². The van der Waals surface area contributed by atoms with Gasteiger partial charge in [0.05, 0.1) is 5.69 Å². The van der Waals surface area contributed by atoms with Crippen molar-refractivity contribution in [3.05, 3.63) is 126 Å². The zero-order chi connectivity index (χ0) is 26.9. The van der Waals surface area contributed by atoms with Gasteiger partial charge >= 0.3 is 12.0 Å². The number of hydrogen-bond donors (Lipinski definition) is 1. The van der Waals surface area contributed by atoms with E-state index in [9.17, 15) is 4.39 Å². The van der Waals surface area contributed by atoms with Gasteiger partial charge in [-0.1, -0.05) is 66.7 Å². The Labute approximate surface area is 223 Å². The Bertz CT molecular complexity index is 1550. The second-order valence-electron chi connectivity index (χ2n) is 8.10. The maximum atomic E-state index is 13.6. The molecule has 10 heteroatoms. The van der Waals surface area contributed by atoms with Gasteiger partial charge in [-0.15, -0.1) is 15.2 Å². The van der Waals surface area contributed by atoms with Crippen LogP contribution in [-0.4, -0.2) is 20.8 Å². The summed E-state index contributed by atoms with van der Waals surface area (Å²) in [5.74, 6) is 0.936. The number of para-hydroxylation sites is 2. The van der Waals surface area contributed by atoms with Crippen LogP contribution in [0.25, 0.3) is 0 Å². The predicted octanol–water partition coefficient (Wildman–Crippen LogP) is 7.46. The van der Waals surface area contributed by atoms with E-state index in [0.717, 1.165) is 5.56 Å². The molecular formula is C29H22FN7O2. The van der Waals surface area contributed by atoms with Gasteiger partial charge in [0.25, 0.3) is 5.95 Å². The first-order chi connectivity index (χ1) is 19.1. The molecule has 0 spiro atoms. The van der Waals surface area contributed by atoms with Crippen molar-refractivity contribution in [2.45, 2.75) is 6.92 Å². The molecule has 1 heterocycles. The van der Waals surface area contributed by atoms with Crippen LogP contribution in [0.1, 0.15) is 11.1 Å². The van der Waals surface area contributed by atoms with Gasteiger partial charge in [-0.3, -0.25) is 0 Å². The van der Waals surface area contributed by atoms with E-state index in [1.165, 1.54) is 12.1 Å². The number of aryl methyl sites for hydroxylation is 1. The molecule has 0 aliphatic heterocycles. The largest absolute Gasteiger partial charge is 0.424 e. The smallest absolute Gasteiger partial charge is 0.330 e. The van der Waals surface area contributed by atoms with Crippen LogP contribution in [0.15, 0.2) is 125 Å². The summed E-state index contributed by atoms with van der Waals surface area (Å²) in [5, 5.41) is 12.8. The second kappa shape index (κ2) is 12.2. The molecule has 192 valence electrons. The molecule has 0 fully saturated rings. The molecule has 0 saturated carbocycles. The number of hydrazone groups is 1. The monoisotopic (exact) mass is 519 g/mol. The molecule has 9 nitrogen and oxygen atoms in total. The molecule has 1 N–H and O–H groups in total. The van der Waals surface area contributed by atoms with E-state index < -0.39 is 5.82 Å². The minimum atomic E-state index is -0.416. The van der Waals surface area contributed by atoms with E-state index in [1.807, 2.05) is 67.6 Å². The van der Waals surface area contributed by atoms with Gasteiger partial charge in [0.1, 0.15) is 17.3 Å². The summed E-state index contributed by atoms with van der Waals surface area (Å²) in [5.41, 5.74) is 4.77. The molecule has 0 bridgehead atoms. The predicted molar refractivity (Wildman–Crippen MR) is 145 cm³/mol. The second-order valence-corrected chi connectivity index (χ2v) is 8.10. The number of nitrogens with zero attached hydrogens (tertiary/aromatic N) is 6. The lowest BCUT2D eigenvalue weighted by atomic mass is 10.1.